The zero-order chi connectivity index (χ0) is 31.8. The third kappa shape index (κ3) is 4.68. The number of amides is 1. The van der Waals surface area contributed by atoms with Gasteiger partial charge in [0.15, 0.2) is 5.82 Å². The first-order valence-corrected chi connectivity index (χ1v) is 16.8. The molecule has 3 aromatic rings. The Morgan fingerprint density at radius 2 is 1.78 bits per heavy atom. The second-order valence-corrected chi connectivity index (χ2v) is 14.6. The minimum Gasteiger partial charge on any atom is -0.355 e. The van der Waals surface area contributed by atoms with Crippen molar-refractivity contribution in [2.45, 2.75) is 50.6 Å². The number of fused-ring (bicyclic) bond motifs is 1. The number of nitrogens with zero attached hydrogens (tertiary/aromatic N) is 10. The Morgan fingerprint density at radius 3 is 2.50 bits per heavy atom. The van der Waals surface area contributed by atoms with E-state index in [9.17, 15) is 10.1 Å². The Balaban J connectivity index is 1.13. The molecule has 4 aliphatic heterocycles. The smallest absolute Gasteiger partial charge is 0.245 e. The molecule has 11 nitrogen and oxygen atoms in total. The van der Waals surface area contributed by atoms with Crippen LogP contribution in [0.5, 0.6) is 0 Å². The van der Waals surface area contributed by atoms with E-state index in [2.05, 4.69) is 63.5 Å². The van der Waals surface area contributed by atoms with Crippen molar-refractivity contribution >= 4 is 28.6 Å². The van der Waals surface area contributed by atoms with Gasteiger partial charge < -0.3 is 14.7 Å². The van der Waals surface area contributed by atoms with E-state index >= 15 is 0 Å². The molecule has 1 saturated carbocycles. The van der Waals surface area contributed by atoms with Crippen LogP contribution in [0.15, 0.2) is 31.0 Å². The number of hydrogen-bond donors (Lipinski definition) is 0. The molecule has 5 aliphatic rings. The zero-order valence-electron chi connectivity index (χ0n) is 27.4. The van der Waals surface area contributed by atoms with Crippen LogP contribution < -0.4 is 9.80 Å². The molecule has 0 bridgehead atoms. The van der Waals surface area contributed by atoms with Crippen LogP contribution >= 0.6 is 0 Å². The Morgan fingerprint density at radius 1 is 1.00 bits per heavy atom. The van der Waals surface area contributed by atoms with Gasteiger partial charge in [-0.25, -0.2) is 4.98 Å². The highest BCUT2D eigenvalue weighted by Crippen LogP contribution is 2.45. The van der Waals surface area contributed by atoms with E-state index in [1.807, 2.05) is 22.8 Å². The third-order valence-corrected chi connectivity index (χ3v) is 11.7. The van der Waals surface area contributed by atoms with Gasteiger partial charge in [0, 0.05) is 93.9 Å². The van der Waals surface area contributed by atoms with Crippen molar-refractivity contribution in [1.29, 1.82) is 5.26 Å². The Bertz CT molecular complexity index is 1750. The van der Waals surface area contributed by atoms with Crippen LogP contribution in [-0.2, 0) is 11.8 Å². The lowest BCUT2D eigenvalue weighted by Gasteiger charge is -2.47. The van der Waals surface area contributed by atoms with E-state index in [1.165, 1.54) is 25.5 Å². The molecule has 1 amide bonds. The predicted molar refractivity (Wildman–Crippen MR) is 179 cm³/mol. The topological polar surface area (TPSA) is 101 Å². The van der Waals surface area contributed by atoms with Crippen molar-refractivity contribution in [3.8, 4) is 17.3 Å². The monoisotopic (exact) mass is 620 g/mol. The molecule has 2 spiro atoms. The highest BCUT2D eigenvalue weighted by Gasteiger charge is 2.51. The fourth-order valence-corrected chi connectivity index (χ4v) is 8.70. The van der Waals surface area contributed by atoms with Gasteiger partial charge in [-0.3, -0.25) is 19.3 Å². The summed E-state index contributed by atoms with van der Waals surface area (Å²) in [6, 6.07) is 7.31. The molecule has 0 unspecified atom stereocenters. The van der Waals surface area contributed by atoms with Crippen molar-refractivity contribution in [2.24, 2.45) is 12.5 Å². The molecular formula is C35H44N10O. The van der Waals surface area contributed by atoms with Crippen molar-refractivity contribution < 1.29 is 4.79 Å². The molecule has 240 valence electrons. The van der Waals surface area contributed by atoms with Crippen molar-refractivity contribution in [1.82, 2.24) is 34.4 Å². The van der Waals surface area contributed by atoms with Crippen molar-refractivity contribution in [2.75, 3.05) is 75.8 Å². The first-order chi connectivity index (χ1) is 22.2. The van der Waals surface area contributed by atoms with Crippen LogP contribution in [0, 0.1) is 23.7 Å². The number of aryl methyl sites for hydroxylation is 2. The number of rotatable bonds is 5. The maximum Gasteiger partial charge on any atom is 0.245 e. The normalized spacial score (nSPS) is 22.9. The molecule has 1 aliphatic carbocycles. The summed E-state index contributed by atoms with van der Waals surface area (Å²) >= 11 is 0. The van der Waals surface area contributed by atoms with E-state index < -0.39 is 0 Å². The Labute approximate surface area is 271 Å². The summed E-state index contributed by atoms with van der Waals surface area (Å²) in [6.07, 6.45) is 9.06. The number of nitriles is 1. The highest BCUT2D eigenvalue weighted by atomic mass is 16.2. The Hall–Kier alpha value is -4.01. The van der Waals surface area contributed by atoms with E-state index in [-0.39, 0.29) is 11.3 Å². The highest BCUT2D eigenvalue weighted by molar-refractivity contribution is 5.97. The van der Waals surface area contributed by atoms with Gasteiger partial charge >= 0.3 is 0 Å². The van der Waals surface area contributed by atoms with Gasteiger partial charge in [0.05, 0.1) is 17.4 Å². The average molecular weight is 621 g/mol. The lowest BCUT2D eigenvalue weighted by atomic mass is 9.79. The van der Waals surface area contributed by atoms with Gasteiger partial charge in [-0.1, -0.05) is 18.7 Å². The van der Waals surface area contributed by atoms with E-state index in [0.717, 1.165) is 93.7 Å². The fraction of sp³-hybridized carbons (Fsp3) is 0.571. The van der Waals surface area contributed by atoms with E-state index in [4.69, 9.17) is 9.97 Å². The predicted octanol–water partition coefficient (Wildman–Crippen LogP) is 3.18. The molecule has 46 heavy (non-hydrogen) atoms. The number of carbonyl (C=O) groups excluding carboxylic acids is 1. The molecule has 0 radical (unpaired) electrons. The van der Waals surface area contributed by atoms with Crippen LogP contribution in [0.4, 0.5) is 11.8 Å². The molecular weight excluding hydrogens is 576 g/mol. The van der Waals surface area contributed by atoms with Crippen LogP contribution in [0.25, 0.3) is 22.2 Å². The zero-order valence-corrected chi connectivity index (χ0v) is 27.4. The summed E-state index contributed by atoms with van der Waals surface area (Å²) in [5, 5.41) is 16.3. The van der Waals surface area contributed by atoms with E-state index in [0.29, 0.717) is 34.6 Å². The first-order valence-electron chi connectivity index (χ1n) is 16.8. The van der Waals surface area contributed by atoms with Gasteiger partial charge in [-0.2, -0.15) is 15.3 Å². The molecule has 5 fully saturated rings. The fourth-order valence-electron chi connectivity index (χ4n) is 8.70. The number of carbonyl (C=O) groups is 1. The largest absolute Gasteiger partial charge is 0.355 e. The SMILES string of the molecule is C=CC(=O)N1CC2(CCN(c3nc(N4CCC(N5CCN(C)C6(CC6)C5)CC4)nc(-c4c(C)ccc5cnn(C)c45)c3C#N)C2)C1. The summed E-state index contributed by atoms with van der Waals surface area (Å²) in [6.45, 7) is 14.0. The number of likely N-dealkylation sites (N-methyl/N-ethyl adjacent to an activating group) is 1. The van der Waals surface area contributed by atoms with Crippen LogP contribution in [0.3, 0.4) is 0 Å². The molecule has 1 aromatic carbocycles. The van der Waals surface area contributed by atoms with Crippen LogP contribution in [0.1, 0.15) is 43.2 Å². The number of anilines is 2. The maximum atomic E-state index is 12.2. The van der Waals surface area contributed by atoms with Crippen molar-refractivity contribution in [3.05, 3.63) is 42.1 Å². The standard InChI is InChI=1S/C35H44N10O/c1-5-28(46)45-21-34(22-45)12-15-44(20-34)32-27(18-36)30(29-24(2)6-7-25-19-37-41(4)31(25)29)38-33(39-32)42-13-8-26(9-14-42)43-17-16-40(3)35(23-43)10-11-35/h5-7,19,26H,1,8-17,20-23H2,2-4H3. The van der Waals surface area contributed by atoms with Gasteiger partial charge in [0.1, 0.15) is 11.6 Å². The molecule has 2 aromatic heterocycles. The van der Waals surface area contributed by atoms with Gasteiger partial charge in [0.25, 0.3) is 0 Å². The quantitative estimate of drug-likeness (QED) is 0.398. The molecule has 11 heteroatoms. The van der Waals surface area contributed by atoms with Gasteiger partial charge in [-0.15, -0.1) is 0 Å². The number of piperidine rings is 1. The summed E-state index contributed by atoms with van der Waals surface area (Å²) < 4.78 is 1.89. The number of aromatic nitrogens is 4. The maximum absolute atomic E-state index is 12.2. The number of likely N-dealkylation sites (tertiary alicyclic amines) is 1. The molecule has 8 rings (SSSR count). The average Bonchev–Trinajstić information content (AvgIpc) is 3.51. The molecule has 6 heterocycles. The minimum absolute atomic E-state index is 0.0135. The minimum atomic E-state index is -0.0135. The number of hydrogen-bond acceptors (Lipinski definition) is 9. The van der Waals surface area contributed by atoms with E-state index in [1.54, 1.807) is 0 Å². The van der Waals surface area contributed by atoms with Crippen LogP contribution in [0.2, 0.25) is 0 Å². The second kappa shape index (κ2) is 10.8. The third-order valence-electron chi connectivity index (χ3n) is 11.7. The Kier molecular flexibility index (Phi) is 6.89. The summed E-state index contributed by atoms with van der Waals surface area (Å²) in [5.41, 5.74) is 4.62. The summed E-state index contributed by atoms with van der Waals surface area (Å²) in [4.78, 5) is 34.5. The number of benzene rings is 1. The second-order valence-electron chi connectivity index (χ2n) is 14.6. The summed E-state index contributed by atoms with van der Waals surface area (Å²) in [7, 11) is 4.24. The first kappa shape index (κ1) is 29.4. The summed E-state index contributed by atoms with van der Waals surface area (Å²) in [5.74, 6) is 1.40. The molecule has 0 N–H and O–H groups in total. The lowest BCUT2D eigenvalue weighted by Crippen LogP contribution is -2.59. The van der Waals surface area contributed by atoms with Gasteiger partial charge in [-0.05, 0) is 57.7 Å². The number of piperazine rings is 1. The molecule has 4 saturated heterocycles. The van der Waals surface area contributed by atoms with Crippen molar-refractivity contribution in [3.63, 3.8) is 0 Å². The molecule has 0 atom stereocenters. The van der Waals surface area contributed by atoms with Crippen LogP contribution in [-0.4, -0.2) is 118 Å². The lowest BCUT2D eigenvalue weighted by molar-refractivity contribution is -0.136. The van der Waals surface area contributed by atoms with Gasteiger partial charge in [0.2, 0.25) is 11.9 Å².